The molecule has 1 saturated carbocycles. The Hall–Kier alpha value is -0.900. The van der Waals surface area contributed by atoms with Gasteiger partial charge in [-0.2, -0.15) is 0 Å². The molecule has 1 aliphatic carbocycles. The fourth-order valence-electron chi connectivity index (χ4n) is 1.76. The minimum absolute atomic E-state index is 0.0399. The van der Waals surface area contributed by atoms with Crippen molar-refractivity contribution in [3.05, 3.63) is 28.5 Å². The fourth-order valence-corrected chi connectivity index (χ4v) is 2.12. The first-order valence-electron chi connectivity index (χ1n) is 5.56. The monoisotopic (exact) mass is 282 g/mol. The highest BCUT2D eigenvalue weighted by Crippen LogP contribution is 2.33. The maximum Gasteiger partial charge on any atom is 0.253 e. The molecule has 1 aliphatic rings. The van der Waals surface area contributed by atoms with Gasteiger partial charge in [0.2, 0.25) is 0 Å². The molecule has 2 rings (SSSR count). The lowest BCUT2D eigenvalue weighted by atomic mass is 10.1. The summed E-state index contributed by atoms with van der Waals surface area (Å²) in [6, 6.07) is 2.03. The van der Waals surface area contributed by atoms with Crippen molar-refractivity contribution >= 4 is 21.8 Å². The Bertz CT molecular complexity index is 390. The van der Waals surface area contributed by atoms with Crippen LogP contribution in [0.1, 0.15) is 36.5 Å². The number of aromatic nitrogens is 1. The summed E-state index contributed by atoms with van der Waals surface area (Å²) in [6.07, 6.45) is 6.98. The van der Waals surface area contributed by atoms with Gasteiger partial charge in [0.25, 0.3) is 5.91 Å². The highest BCUT2D eigenvalue weighted by Gasteiger charge is 2.24. The summed E-state index contributed by atoms with van der Waals surface area (Å²) < 4.78 is 0.829. The molecule has 1 aromatic heterocycles. The molecule has 0 radical (unpaired) electrons. The summed E-state index contributed by atoms with van der Waals surface area (Å²) in [7, 11) is 0. The van der Waals surface area contributed by atoms with Crippen molar-refractivity contribution in [1.29, 1.82) is 0 Å². The number of hydrogen-bond acceptors (Lipinski definition) is 2. The Morgan fingerprint density at radius 2 is 2.38 bits per heavy atom. The molecule has 0 aromatic carbocycles. The van der Waals surface area contributed by atoms with Gasteiger partial charge < -0.3 is 5.32 Å². The van der Waals surface area contributed by atoms with Crippen LogP contribution in [0.2, 0.25) is 0 Å². The second-order valence-corrected chi connectivity index (χ2v) is 5.36. The lowest BCUT2D eigenvalue weighted by Crippen LogP contribution is -2.32. The molecule has 1 unspecified atom stereocenters. The van der Waals surface area contributed by atoms with Gasteiger partial charge in [0, 0.05) is 22.9 Å². The van der Waals surface area contributed by atoms with Crippen molar-refractivity contribution in [2.45, 2.75) is 32.2 Å². The van der Waals surface area contributed by atoms with Gasteiger partial charge in [0.05, 0.1) is 5.56 Å². The number of halogens is 1. The van der Waals surface area contributed by atoms with Crippen molar-refractivity contribution in [1.82, 2.24) is 10.3 Å². The van der Waals surface area contributed by atoms with E-state index in [1.54, 1.807) is 18.5 Å². The minimum atomic E-state index is -0.0399. The quantitative estimate of drug-likeness (QED) is 0.923. The third kappa shape index (κ3) is 3.30. The molecule has 0 aliphatic heterocycles. The lowest BCUT2D eigenvalue weighted by Gasteiger charge is -2.13. The van der Waals surface area contributed by atoms with Gasteiger partial charge in [-0.1, -0.05) is 12.8 Å². The van der Waals surface area contributed by atoms with Crippen molar-refractivity contribution < 1.29 is 4.79 Å². The molecule has 1 aromatic rings. The number of carbonyl (C=O) groups is 1. The summed E-state index contributed by atoms with van der Waals surface area (Å²) in [5.41, 5.74) is 0.608. The van der Waals surface area contributed by atoms with Crippen LogP contribution in [0.3, 0.4) is 0 Å². The van der Waals surface area contributed by atoms with Crippen LogP contribution >= 0.6 is 15.9 Å². The third-order valence-corrected chi connectivity index (χ3v) is 3.16. The molecule has 1 atom stereocenters. The zero-order valence-corrected chi connectivity index (χ0v) is 10.8. The fraction of sp³-hybridized carbons (Fsp3) is 0.500. The number of nitrogens with one attached hydrogen (secondary N) is 1. The van der Waals surface area contributed by atoms with E-state index in [1.807, 2.05) is 0 Å². The van der Waals surface area contributed by atoms with E-state index >= 15 is 0 Å². The zero-order chi connectivity index (χ0) is 11.5. The predicted octanol–water partition coefficient (Wildman–Crippen LogP) is 2.76. The average molecular weight is 283 g/mol. The molecule has 3 nitrogen and oxygen atoms in total. The number of nitrogens with zero attached hydrogens (tertiary/aromatic N) is 1. The van der Waals surface area contributed by atoms with Crippen molar-refractivity contribution in [2.75, 3.05) is 0 Å². The van der Waals surface area contributed by atoms with Crippen LogP contribution in [-0.2, 0) is 0 Å². The van der Waals surface area contributed by atoms with Crippen LogP contribution in [0.5, 0.6) is 0 Å². The molecule has 0 spiro atoms. The van der Waals surface area contributed by atoms with Crippen molar-refractivity contribution in [3.63, 3.8) is 0 Å². The first kappa shape index (κ1) is 11.6. The van der Waals surface area contributed by atoms with Gasteiger partial charge in [-0.05, 0) is 41.3 Å². The van der Waals surface area contributed by atoms with Crippen molar-refractivity contribution in [2.24, 2.45) is 5.92 Å². The van der Waals surface area contributed by atoms with Crippen LogP contribution in [0.15, 0.2) is 22.9 Å². The smallest absolute Gasteiger partial charge is 0.253 e. The molecule has 0 bridgehead atoms. The summed E-state index contributed by atoms with van der Waals surface area (Å²) in [6.45, 7) is 2.06. The molecule has 86 valence electrons. The van der Waals surface area contributed by atoms with E-state index in [9.17, 15) is 4.79 Å². The zero-order valence-electron chi connectivity index (χ0n) is 9.24. The van der Waals surface area contributed by atoms with Crippen LogP contribution in [-0.4, -0.2) is 16.9 Å². The van der Waals surface area contributed by atoms with E-state index in [1.165, 1.54) is 12.8 Å². The number of rotatable bonds is 4. The van der Waals surface area contributed by atoms with E-state index in [0.29, 0.717) is 5.56 Å². The van der Waals surface area contributed by atoms with Gasteiger partial charge in [-0.25, -0.2) is 0 Å². The Balaban J connectivity index is 1.91. The van der Waals surface area contributed by atoms with Gasteiger partial charge in [-0.3, -0.25) is 9.78 Å². The molecule has 16 heavy (non-hydrogen) atoms. The van der Waals surface area contributed by atoms with E-state index < -0.39 is 0 Å². The third-order valence-electron chi connectivity index (χ3n) is 2.73. The lowest BCUT2D eigenvalue weighted by molar-refractivity contribution is 0.0937. The van der Waals surface area contributed by atoms with E-state index in [0.717, 1.165) is 16.8 Å². The van der Waals surface area contributed by atoms with Gasteiger partial charge in [-0.15, -0.1) is 0 Å². The van der Waals surface area contributed by atoms with Crippen LogP contribution < -0.4 is 5.32 Å². The molecule has 0 saturated heterocycles. The highest BCUT2D eigenvalue weighted by molar-refractivity contribution is 9.10. The second kappa shape index (κ2) is 4.95. The number of pyridine rings is 1. The Morgan fingerprint density at radius 3 is 3.00 bits per heavy atom. The van der Waals surface area contributed by atoms with Gasteiger partial charge >= 0.3 is 0 Å². The van der Waals surface area contributed by atoms with Crippen LogP contribution in [0, 0.1) is 5.92 Å². The molecule has 1 heterocycles. The van der Waals surface area contributed by atoms with E-state index in [2.05, 4.69) is 33.2 Å². The van der Waals surface area contributed by atoms with Gasteiger partial charge in [0.15, 0.2) is 0 Å². The molecule has 4 heteroatoms. The first-order chi connectivity index (χ1) is 7.65. The van der Waals surface area contributed by atoms with Crippen LogP contribution in [0.25, 0.3) is 0 Å². The number of carbonyl (C=O) groups excluding carboxylic acids is 1. The number of amides is 1. The summed E-state index contributed by atoms with van der Waals surface area (Å²) in [5.74, 6) is 0.790. The molecule has 1 fully saturated rings. The largest absolute Gasteiger partial charge is 0.350 e. The van der Waals surface area contributed by atoms with Gasteiger partial charge in [0.1, 0.15) is 0 Å². The normalized spacial score (nSPS) is 16.9. The highest BCUT2D eigenvalue weighted by atomic mass is 79.9. The Morgan fingerprint density at radius 1 is 1.62 bits per heavy atom. The van der Waals surface area contributed by atoms with Crippen LogP contribution in [0.4, 0.5) is 0 Å². The molecule has 1 amide bonds. The molecular formula is C12H15BrN2O. The van der Waals surface area contributed by atoms with E-state index in [4.69, 9.17) is 0 Å². The molecular weight excluding hydrogens is 268 g/mol. The summed E-state index contributed by atoms with van der Waals surface area (Å²) >= 11 is 3.30. The summed E-state index contributed by atoms with van der Waals surface area (Å²) in [4.78, 5) is 15.8. The minimum Gasteiger partial charge on any atom is -0.350 e. The Labute approximate surface area is 104 Å². The maximum absolute atomic E-state index is 11.8. The topological polar surface area (TPSA) is 42.0 Å². The SMILES string of the molecule is CC(CC1CC1)NC(=O)c1cncc(Br)c1. The number of hydrogen-bond donors (Lipinski definition) is 1. The standard InChI is InChI=1S/C12H15BrN2O/c1-8(4-9-2-3-9)15-12(16)10-5-11(13)7-14-6-10/h5-9H,2-4H2,1H3,(H,15,16). The summed E-state index contributed by atoms with van der Waals surface area (Å²) in [5, 5.41) is 2.99. The van der Waals surface area contributed by atoms with Crippen molar-refractivity contribution in [3.8, 4) is 0 Å². The Kier molecular flexibility index (Phi) is 3.59. The predicted molar refractivity (Wildman–Crippen MR) is 66.2 cm³/mol. The maximum atomic E-state index is 11.8. The van der Waals surface area contributed by atoms with E-state index in [-0.39, 0.29) is 11.9 Å². The second-order valence-electron chi connectivity index (χ2n) is 4.45. The molecule has 1 N–H and O–H groups in total. The first-order valence-corrected chi connectivity index (χ1v) is 6.36. The average Bonchev–Trinajstić information content (AvgIpc) is 3.01.